The summed E-state index contributed by atoms with van der Waals surface area (Å²) in [6.07, 6.45) is 3.43. The Bertz CT molecular complexity index is 633. The van der Waals surface area contributed by atoms with Crippen molar-refractivity contribution in [2.75, 3.05) is 46.2 Å². The van der Waals surface area contributed by atoms with Crippen LogP contribution >= 0.6 is 0 Å². The molecule has 2 aromatic rings. The fourth-order valence-electron chi connectivity index (χ4n) is 1.99. The quantitative estimate of drug-likeness (QED) is 0.509. The van der Waals surface area contributed by atoms with Crippen LogP contribution in [-0.2, 0) is 20.8 Å². The van der Waals surface area contributed by atoms with Crippen LogP contribution in [0.3, 0.4) is 0 Å². The van der Waals surface area contributed by atoms with Gasteiger partial charge in [-0.15, -0.1) is 0 Å². The highest BCUT2D eigenvalue weighted by atomic mass is 16.6. The fraction of sp³-hybridized carbons (Fsp3) is 0.444. The Balaban J connectivity index is 1.35. The van der Waals surface area contributed by atoms with Crippen molar-refractivity contribution < 1.29 is 18.9 Å². The minimum atomic E-state index is -0.0217. The first-order chi connectivity index (χ1) is 12.4. The third-order valence-corrected chi connectivity index (χ3v) is 3.23. The van der Waals surface area contributed by atoms with Gasteiger partial charge in [0.1, 0.15) is 6.61 Å². The second-order valence-electron chi connectivity index (χ2n) is 5.09. The second kappa shape index (κ2) is 12.2. The van der Waals surface area contributed by atoms with E-state index >= 15 is 0 Å². The van der Waals surface area contributed by atoms with Gasteiger partial charge in [-0.1, -0.05) is 12.1 Å². The smallest absolute Gasteiger partial charge is 0.250 e. The molecule has 0 aliphatic carbocycles. The van der Waals surface area contributed by atoms with Crippen LogP contribution in [0.5, 0.6) is 5.88 Å². The minimum absolute atomic E-state index is 0.0217. The maximum absolute atomic E-state index is 11.5. The molecule has 0 spiro atoms. The molecule has 136 valence electrons. The zero-order valence-electron chi connectivity index (χ0n) is 14.2. The van der Waals surface area contributed by atoms with Crippen LogP contribution in [-0.4, -0.2) is 55.8 Å². The van der Waals surface area contributed by atoms with Gasteiger partial charge in [0.25, 0.3) is 5.56 Å². The molecular formula is C18H24N2O5. The third-order valence-electron chi connectivity index (χ3n) is 3.23. The van der Waals surface area contributed by atoms with Gasteiger partial charge in [0.05, 0.1) is 39.6 Å². The molecule has 7 heteroatoms. The molecule has 25 heavy (non-hydrogen) atoms. The van der Waals surface area contributed by atoms with Crippen molar-refractivity contribution in [3.63, 3.8) is 0 Å². The van der Waals surface area contributed by atoms with E-state index in [0.29, 0.717) is 58.7 Å². The number of aromatic nitrogens is 2. The number of rotatable bonds is 13. The molecule has 2 aromatic heterocycles. The monoisotopic (exact) mass is 348 g/mol. The first kappa shape index (κ1) is 19.1. The Kier molecular flexibility index (Phi) is 9.32. The van der Waals surface area contributed by atoms with Gasteiger partial charge in [-0.25, -0.2) is 4.98 Å². The summed E-state index contributed by atoms with van der Waals surface area (Å²) < 4.78 is 23.2. The lowest BCUT2D eigenvalue weighted by Crippen LogP contribution is -2.21. The zero-order chi connectivity index (χ0) is 17.6. The third kappa shape index (κ3) is 8.44. The topological polar surface area (TPSA) is 71.8 Å². The number of hydrogen-bond acceptors (Lipinski definition) is 6. The largest absolute Gasteiger partial charge is 0.475 e. The van der Waals surface area contributed by atoms with Gasteiger partial charge < -0.3 is 23.5 Å². The predicted molar refractivity (Wildman–Crippen MR) is 92.9 cm³/mol. The SMILES string of the molecule is O=c1ccccn1CCOCCOCCOCCOc1ccccn1. The van der Waals surface area contributed by atoms with Gasteiger partial charge in [0.15, 0.2) is 0 Å². The second-order valence-corrected chi connectivity index (χ2v) is 5.09. The van der Waals surface area contributed by atoms with Gasteiger partial charge in [-0.05, 0) is 12.1 Å². The van der Waals surface area contributed by atoms with Crippen LogP contribution < -0.4 is 10.3 Å². The van der Waals surface area contributed by atoms with Gasteiger partial charge in [0, 0.05) is 31.1 Å². The summed E-state index contributed by atoms with van der Waals surface area (Å²) in [6.45, 7) is 3.97. The molecule has 0 saturated carbocycles. The maximum Gasteiger partial charge on any atom is 0.250 e. The van der Waals surface area contributed by atoms with Gasteiger partial charge in [-0.2, -0.15) is 0 Å². The van der Waals surface area contributed by atoms with E-state index in [0.717, 1.165) is 0 Å². The van der Waals surface area contributed by atoms with E-state index in [2.05, 4.69) is 4.98 Å². The van der Waals surface area contributed by atoms with Crippen LogP contribution in [0, 0.1) is 0 Å². The van der Waals surface area contributed by atoms with E-state index in [1.807, 2.05) is 18.2 Å². The molecule has 0 radical (unpaired) electrons. The first-order valence-corrected chi connectivity index (χ1v) is 8.29. The molecule has 0 bridgehead atoms. The van der Waals surface area contributed by atoms with Crippen molar-refractivity contribution in [2.24, 2.45) is 0 Å². The van der Waals surface area contributed by atoms with Crippen molar-refractivity contribution in [2.45, 2.75) is 6.54 Å². The molecular weight excluding hydrogens is 324 g/mol. The summed E-state index contributed by atoms with van der Waals surface area (Å²) in [5.41, 5.74) is -0.0217. The molecule has 0 atom stereocenters. The molecule has 0 aliphatic heterocycles. The zero-order valence-corrected chi connectivity index (χ0v) is 14.2. The van der Waals surface area contributed by atoms with Gasteiger partial charge in [-0.3, -0.25) is 4.79 Å². The molecule has 2 rings (SSSR count). The molecule has 0 fully saturated rings. The fourth-order valence-corrected chi connectivity index (χ4v) is 1.99. The maximum atomic E-state index is 11.5. The molecule has 7 nitrogen and oxygen atoms in total. The summed E-state index contributed by atoms with van der Waals surface area (Å²) in [5, 5.41) is 0. The normalized spacial score (nSPS) is 10.7. The molecule has 2 heterocycles. The van der Waals surface area contributed by atoms with Crippen molar-refractivity contribution in [1.82, 2.24) is 9.55 Å². The van der Waals surface area contributed by atoms with Crippen molar-refractivity contribution in [3.05, 3.63) is 59.1 Å². The van der Waals surface area contributed by atoms with Crippen LogP contribution in [0.25, 0.3) is 0 Å². The lowest BCUT2D eigenvalue weighted by molar-refractivity contribution is 0.00787. The van der Waals surface area contributed by atoms with Crippen molar-refractivity contribution in [1.29, 1.82) is 0 Å². The van der Waals surface area contributed by atoms with Gasteiger partial charge >= 0.3 is 0 Å². The van der Waals surface area contributed by atoms with Gasteiger partial charge in [0.2, 0.25) is 5.88 Å². The lowest BCUT2D eigenvalue weighted by Gasteiger charge is -2.08. The van der Waals surface area contributed by atoms with E-state index in [-0.39, 0.29) is 5.56 Å². The van der Waals surface area contributed by atoms with Crippen LogP contribution in [0.1, 0.15) is 0 Å². The number of ether oxygens (including phenoxy) is 4. The Morgan fingerprint density at radius 3 is 2.16 bits per heavy atom. The van der Waals surface area contributed by atoms with Crippen molar-refractivity contribution >= 4 is 0 Å². The summed E-state index contributed by atoms with van der Waals surface area (Å²) in [5.74, 6) is 0.595. The average molecular weight is 348 g/mol. The predicted octanol–water partition coefficient (Wildman–Crippen LogP) is 1.37. The first-order valence-electron chi connectivity index (χ1n) is 8.29. The number of nitrogens with zero attached hydrogens (tertiary/aromatic N) is 2. The Morgan fingerprint density at radius 1 is 0.800 bits per heavy atom. The number of pyridine rings is 2. The minimum Gasteiger partial charge on any atom is -0.475 e. The molecule has 0 aliphatic rings. The standard InChI is InChI=1S/C18H24N2O5/c21-18-6-2-4-8-20(18)9-10-22-11-12-23-13-14-24-15-16-25-17-5-1-3-7-19-17/h1-8H,9-16H2. The van der Waals surface area contributed by atoms with E-state index in [1.165, 1.54) is 6.07 Å². The van der Waals surface area contributed by atoms with E-state index in [4.69, 9.17) is 18.9 Å². The Hall–Kier alpha value is -2.22. The summed E-state index contributed by atoms with van der Waals surface area (Å²) in [6, 6.07) is 10.6. The van der Waals surface area contributed by atoms with E-state index in [1.54, 1.807) is 29.1 Å². The molecule has 0 unspecified atom stereocenters. The average Bonchev–Trinajstić information content (AvgIpc) is 2.65. The van der Waals surface area contributed by atoms with E-state index in [9.17, 15) is 4.79 Å². The Labute approximate surface area is 147 Å². The highest BCUT2D eigenvalue weighted by molar-refractivity contribution is 5.08. The lowest BCUT2D eigenvalue weighted by atomic mass is 10.5. The summed E-state index contributed by atoms with van der Waals surface area (Å²) >= 11 is 0. The molecule has 0 N–H and O–H groups in total. The highest BCUT2D eigenvalue weighted by Crippen LogP contribution is 2.02. The van der Waals surface area contributed by atoms with Crippen molar-refractivity contribution in [3.8, 4) is 5.88 Å². The highest BCUT2D eigenvalue weighted by Gasteiger charge is 1.96. The summed E-state index contributed by atoms with van der Waals surface area (Å²) in [7, 11) is 0. The molecule has 0 aromatic carbocycles. The summed E-state index contributed by atoms with van der Waals surface area (Å²) in [4.78, 5) is 15.5. The van der Waals surface area contributed by atoms with Crippen LogP contribution in [0.4, 0.5) is 0 Å². The number of hydrogen-bond donors (Lipinski definition) is 0. The molecule has 0 saturated heterocycles. The van der Waals surface area contributed by atoms with E-state index < -0.39 is 0 Å². The van der Waals surface area contributed by atoms with Crippen LogP contribution in [0.2, 0.25) is 0 Å². The molecule has 0 amide bonds. The Morgan fingerprint density at radius 2 is 1.48 bits per heavy atom. The van der Waals surface area contributed by atoms with Crippen LogP contribution in [0.15, 0.2) is 53.6 Å².